The van der Waals surface area contributed by atoms with Gasteiger partial charge in [0.25, 0.3) is 11.8 Å². The smallest absolute Gasteiger partial charge is 0.259 e. The summed E-state index contributed by atoms with van der Waals surface area (Å²) >= 11 is 0. The summed E-state index contributed by atoms with van der Waals surface area (Å²) < 4.78 is 13.6. The highest BCUT2D eigenvalue weighted by molar-refractivity contribution is 7.85. The fraction of sp³-hybridized carbons (Fsp3) is 0.259. The zero-order valence-electron chi connectivity index (χ0n) is 19.1. The fourth-order valence-electron chi connectivity index (χ4n) is 4.57. The quantitative estimate of drug-likeness (QED) is 0.579. The summed E-state index contributed by atoms with van der Waals surface area (Å²) in [5, 5.41) is 0. The number of benzene rings is 3. The SMILES string of the molecule is CCN1CCN(C(=O)c2ccc3c(c2)N(Cc2ccccc2)C(=O)c2ccccc2[S@]3=O)CC1. The number of amides is 2. The molecule has 0 unspecified atom stereocenters. The van der Waals surface area contributed by atoms with Crippen LogP contribution in [0, 0.1) is 0 Å². The minimum Gasteiger partial charge on any atom is -0.336 e. The lowest BCUT2D eigenvalue weighted by atomic mass is 10.1. The molecule has 0 aliphatic carbocycles. The maximum Gasteiger partial charge on any atom is 0.259 e. The first kappa shape index (κ1) is 22.5. The lowest BCUT2D eigenvalue weighted by Gasteiger charge is -2.34. The molecule has 174 valence electrons. The molecular weight excluding hydrogens is 446 g/mol. The average molecular weight is 474 g/mol. The molecule has 2 aliphatic heterocycles. The predicted octanol–water partition coefficient (Wildman–Crippen LogP) is 3.79. The maximum absolute atomic E-state index is 13.7. The number of carbonyl (C=O) groups is 2. The molecule has 6 nitrogen and oxygen atoms in total. The molecule has 34 heavy (non-hydrogen) atoms. The monoisotopic (exact) mass is 473 g/mol. The predicted molar refractivity (Wildman–Crippen MR) is 133 cm³/mol. The van der Waals surface area contributed by atoms with Gasteiger partial charge in [-0.3, -0.25) is 9.59 Å². The number of nitrogens with zero attached hydrogens (tertiary/aromatic N) is 3. The van der Waals surface area contributed by atoms with Crippen molar-refractivity contribution in [1.29, 1.82) is 0 Å². The first-order valence-electron chi connectivity index (χ1n) is 11.6. The number of fused-ring (bicyclic) bond motifs is 2. The third-order valence-corrected chi connectivity index (χ3v) is 8.05. The van der Waals surface area contributed by atoms with E-state index in [4.69, 9.17) is 0 Å². The molecular formula is C27H27N3O3S. The number of hydrogen-bond acceptors (Lipinski definition) is 4. The number of likely N-dealkylation sites (N-methyl/N-ethyl adjacent to an activating group) is 1. The van der Waals surface area contributed by atoms with Gasteiger partial charge in [-0.25, -0.2) is 4.21 Å². The number of rotatable bonds is 4. The van der Waals surface area contributed by atoms with Crippen LogP contribution >= 0.6 is 0 Å². The minimum absolute atomic E-state index is 0.0572. The average Bonchev–Trinajstić information content (AvgIpc) is 2.98. The summed E-state index contributed by atoms with van der Waals surface area (Å²) in [5.74, 6) is -0.272. The number of piperazine rings is 1. The van der Waals surface area contributed by atoms with Crippen molar-refractivity contribution in [2.45, 2.75) is 23.3 Å². The Hall–Kier alpha value is -3.29. The van der Waals surface area contributed by atoms with Gasteiger partial charge in [0.05, 0.1) is 38.4 Å². The minimum atomic E-state index is -1.53. The van der Waals surface area contributed by atoms with Crippen molar-refractivity contribution in [2.24, 2.45) is 0 Å². The largest absolute Gasteiger partial charge is 0.336 e. The van der Waals surface area contributed by atoms with E-state index in [0.29, 0.717) is 46.2 Å². The Labute approximate surface area is 202 Å². The number of hydrogen-bond donors (Lipinski definition) is 0. The van der Waals surface area contributed by atoms with Gasteiger partial charge >= 0.3 is 0 Å². The van der Waals surface area contributed by atoms with Crippen LogP contribution in [0.15, 0.2) is 82.6 Å². The molecule has 0 spiro atoms. The van der Waals surface area contributed by atoms with Crippen LogP contribution in [0.1, 0.15) is 33.2 Å². The molecule has 1 saturated heterocycles. The molecule has 0 saturated carbocycles. The summed E-state index contributed by atoms with van der Waals surface area (Å²) in [6, 6.07) is 22.0. The Bertz CT molecular complexity index is 1250. The zero-order valence-corrected chi connectivity index (χ0v) is 20.0. The second-order valence-corrected chi connectivity index (χ2v) is 9.97. The van der Waals surface area contributed by atoms with Gasteiger partial charge in [0.15, 0.2) is 0 Å². The molecule has 7 heteroatoms. The summed E-state index contributed by atoms with van der Waals surface area (Å²) in [6.07, 6.45) is 0. The van der Waals surface area contributed by atoms with Crippen LogP contribution < -0.4 is 4.90 Å². The molecule has 2 heterocycles. The van der Waals surface area contributed by atoms with Crippen molar-refractivity contribution in [3.8, 4) is 0 Å². The van der Waals surface area contributed by atoms with E-state index in [-0.39, 0.29) is 11.8 Å². The van der Waals surface area contributed by atoms with Gasteiger partial charge in [-0.2, -0.15) is 0 Å². The van der Waals surface area contributed by atoms with E-state index in [1.165, 1.54) is 0 Å². The van der Waals surface area contributed by atoms with Crippen LogP contribution in [0.5, 0.6) is 0 Å². The van der Waals surface area contributed by atoms with Crippen LogP contribution in [0.3, 0.4) is 0 Å². The van der Waals surface area contributed by atoms with E-state index in [1.807, 2.05) is 35.2 Å². The van der Waals surface area contributed by atoms with Gasteiger partial charge in [0, 0.05) is 31.7 Å². The lowest BCUT2D eigenvalue weighted by Crippen LogP contribution is -2.48. The molecule has 3 aromatic carbocycles. The second-order valence-electron chi connectivity index (χ2n) is 8.55. The Kier molecular flexibility index (Phi) is 6.30. The van der Waals surface area contributed by atoms with E-state index in [1.54, 1.807) is 47.4 Å². The van der Waals surface area contributed by atoms with E-state index < -0.39 is 10.8 Å². The summed E-state index contributed by atoms with van der Waals surface area (Å²) in [4.78, 5) is 33.9. The van der Waals surface area contributed by atoms with Crippen molar-refractivity contribution in [1.82, 2.24) is 9.80 Å². The Balaban J connectivity index is 1.56. The van der Waals surface area contributed by atoms with E-state index in [0.717, 1.165) is 25.2 Å². The Morgan fingerprint density at radius 1 is 0.882 bits per heavy atom. The third kappa shape index (κ3) is 4.17. The number of anilines is 1. The van der Waals surface area contributed by atoms with Crippen LogP contribution in [0.25, 0.3) is 0 Å². The van der Waals surface area contributed by atoms with Crippen molar-refractivity contribution < 1.29 is 13.8 Å². The second kappa shape index (κ2) is 9.52. The summed E-state index contributed by atoms with van der Waals surface area (Å²) in [6.45, 7) is 6.48. The van der Waals surface area contributed by atoms with Gasteiger partial charge in [-0.05, 0) is 42.4 Å². The molecule has 2 aliphatic rings. The molecule has 1 atom stereocenters. The molecule has 0 radical (unpaired) electrons. The topological polar surface area (TPSA) is 60.9 Å². The van der Waals surface area contributed by atoms with Gasteiger partial charge < -0.3 is 14.7 Å². The molecule has 0 N–H and O–H groups in total. The number of carbonyl (C=O) groups excluding carboxylic acids is 2. The standard InChI is InChI=1S/C27H27N3O3S/c1-2-28-14-16-29(17-15-28)26(31)21-12-13-25-23(18-21)30(19-20-8-4-3-5-9-20)27(32)22-10-6-7-11-24(22)34(25)33/h3-13,18H,2,14-17,19H2,1H3/t34-/m1/s1. The van der Waals surface area contributed by atoms with Crippen LogP contribution in [0.2, 0.25) is 0 Å². The van der Waals surface area contributed by atoms with Gasteiger partial charge in [0.2, 0.25) is 0 Å². The van der Waals surface area contributed by atoms with Gasteiger partial charge in [0.1, 0.15) is 0 Å². The molecule has 5 rings (SSSR count). The van der Waals surface area contributed by atoms with Crippen molar-refractivity contribution in [3.05, 3.63) is 89.5 Å². The Morgan fingerprint density at radius 3 is 2.32 bits per heavy atom. The highest BCUT2D eigenvalue weighted by Gasteiger charge is 2.32. The summed E-state index contributed by atoms with van der Waals surface area (Å²) in [5.41, 5.74) is 2.43. The first-order chi connectivity index (χ1) is 16.6. The lowest BCUT2D eigenvalue weighted by molar-refractivity contribution is 0.0643. The normalized spacial score (nSPS) is 18.3. The summed E-state index contributed by atoms with van der Waals surface area (Å²) in [7, 11) is -1.53. The highest BCUT2D eigenvalue weighted by atomic mass is 32.2. The van der Waals surface area contributed by atoms with E-state index in [2.05, 4.69) is 11.8 Å². The fourth-order valence-corrected chi connectivity index (χ4v) is 5.91. The van der Waals surface area contributed by atoms with Gasteiger partial charge in [-0.15, -0.1) is 0 Å². The molecule has 0 bridgehead atoms. The van der Waals surface area contributed by atoms with Crippen molar-refractivity contribution in [3.63, 3.8) is 0 Å². The highest BCUT2D eigenvalue weighted by Crippen LogP contribution is 2.36. The van der Waals surface area contributed by atoms with Crippen molar-refractivity contribution >= 4 is 28.3 Å². The molecule has 1 fully saturated rings. The first-order valence-corrected chi connectivity index (χ1v) is 12.7. The van der Waals surface area contributed by atoms with E-state index in [9.17, 15) is 13.8 Å². The van der Waals surface area contributed by atoms with Crippen molar-refractivity contribution in [2.75, 3.05) is 37.6 Å². The maximum atomic E-state index is 13.7. The van der Waals surface area contributed by atoms with Crippen LogP contribution in [0.4, 0.5) is 5.69 Å². The molecule has 0 aromatic heterocycles. The van der Waals surface area contributed by atoms with Crippen LogP contribution in [-0.4, -0.2) is 58.5 Å². The third-order valence-electron chi connectivity index (χ3n) is 6.55. The van der Waals surface area contributed by atoms with Gasteiger partial charge in [-0.1, -0.05) is 49.4 Å². The zero-order chi connectivity index (χ0) is 23.7. The molecule has 2 amide bonds. The molecule has 3 aromatic rings. The van der Waals surface area contributed by atoms with E-state index >= 15 is 0 Å². The Morgan fingerprint density at radius 2 is 1.59 bits per heavy atom. The van der Waals surface area contributed by atoms with Crippen LogP contribution in [-0.2, 0) is 17.3 Å².